The van der Waals surface area contributed by atoms with Gasteiger partial charge >= 0.3 is 0 Å². The molecule has 0 N–H and O–H groups in total. The van der Waals surface area contributed by atoms with Crippen LogP contribution in [0.2, 0.25) is 0 Å². The lowest BCUT2D eigenvalue weighted by Crippen LogP contribution is -2.26. The maximum Gasteiger partial charge on any atom is 0.143 e. The minimum Gasteiger partial charge on any atom is -0.301 e. The molecule has 0 aliphatic carbocycles. The van der Waals surface area contributed by atoms with Gasteiger partial charge in [-0.1, -0.05) is 12.0 Å². The predicted octanol–water partition coefficient (Wildman–Crippen LogP) is 0.887. The van der Waals surface area contributed by atoms with Crippen LogP contribution in [0.1, 0.15) is 11.7 Å². The molecule has 0 amide bonds. The summed E-state index contributed by atoms with van der Waals surface area (Å²) in [6.45, 7) is 0.431. The Morgan fingerprint density at radius 2 is 2.50 bits per heavy atom. The van der Waals surface area contributed by atoms with Crippen LogP contribution in [0.4, 0.5) is 0 Å². The molecule has 3 heteroatoms. The number of aromatic nitrogens is 1. The van der Waals surface area contributed by atoms with Crippen LogP contribution in [0.5, 0.6) is 0 Å². The minimum atomic E-state index is -0.354. The zero-order valence-corrected chi connectivity index (χ0v) is 8.05. The fourth-order valence-electron chi connectivity index (χ4n) is 1.19. The van der Waals surface area contributed by atoms with Crippen molar-refractivity contribution in [2.45, 2.75) is 6.04 Å². The van der Waals surface area contributed by atoms with Gasteiger partial charge in [-0.25, -0.2) is 0 Å². The highest BCUT2D eigenvalue weighted by molar-refractivity contribution is 5.60. The predicted molar refractivity (Wildman–Crippen MR) is 54.5 cm³/mol. The van der Waals surface area contributed by atoms with Crippen molar-refractivity contribution in [1.29, 1.82) is 0 Å². The Morgan fingerprint density at radius 3 is 3.00 bits per heavy atom. The third-order valence-electron chi connectivity index (χ3n) is 1.94. The quantitative estimate of drug-likeness (QED) is 0.519. The van der Waals surface area contributed by atoms with Gasteiger partial charge in [0.05, 0.1) is 12.2 Å². The molecule has 1 unspecified atom stereocenters. The minimum absolute atomic E-state index is 0.354. The zero-order valence-electron chi connectivity index (χ0n) is 8.05. The summed E-state index contributed by atoms with van der Waals surface area (Å²) in [6.07, 6.45) is 7.68. The van der Waals surface area contributed by atoms with Gasteiger partial charge < -0.3 is 4.79 Å². The van der Waals surface area contributed by atoms with Crippen LogP contribution >= 0.6 is 0 Å². The molecule has 0 bridgehead atoms. The lowest BCUT2D eigenvalue weighted by atomic mass is 10.2. The van der Waals surface area contributed by atoms with Gasteiger partial charge in [-0.3, -0.25) is 9.88 Å². The summed E-state index contributed by atoms with van der Waals surface area (Å²) in [5.74, 6) is 2.49. The topological polar surface area (TPSA) is 33.2 Å². The van der Waals surface area contributed by atoms with E-state index in [2.05, 4.69) is 10.9 Å². The second kappa shape index (κ2) is 5.15. The fourth-order valence-corrected chi connectivity index (χ4v) is 1.19. The first-order chi connectivity index (χ1) is 6.79. The number of aldehydes is 1. The Balaban J connectivity index is 2.83. The highest BCUT2D eigenvalue weighted by atomic mass is 16.1. The Kier molecular flexibility index (Phi) is 3.84. The molecule has 0 fully saturated rings. The molecular weight excluding hydrogens is 176 g/mol. The SMILES string of the molecule is C#CCN(C)C(C=O)c1ccccn1. The number of hydrogen-bond acceptors (Lipinski definition) is 3. The fraction of sp³-hybridized carbons (Fsp3) is 0.273. The monoisotopic (exact) mass is 188 g/mol. The Labute approximate surface area is 83.8 Å². The van der Waals surface area contributed by atoms with Crippen molar-refractivity contribution >= 4 is 6.29 Å². The molecule has 72 valence electrons. The molecule has 1 heterocycles. The van der Waals surface area contributed by atoms with E-state index < -0.39 is 0 Å². The Bertz CT molecular complexity index is 329. The molecule has 14 heavy (non-hydrogen) atoms. The molecule has 1 atom stereocenters. The van der Waals surface area contributed by atoms with Crippen molar-refractivity contribution in [1.82, 2.24) is 9.88 Å². The Hall–Kier alpha value is -1.66. The maximum atomic E-state index is 10.9. The van der Waals surface area contributed by atoms with E-state index in [-0.39, 0.29) is 6.04 Å². The molecule has 0 aromatic carbocycles. The van der Waals surface area contributed by atoms with Gasteiger partial charge in [0.25, 0.3) is 0 Å². The summed E-state index contributed by atoms with van der Waals surface area (Å²) in [6, 6.07) is 5.12. The van der Waals surface area contributed by atoms with E-state index in [1.807, 2.05) is 18.2 Å². The number of nitrogens with zero attached hydrogens (tertiary/aromatic N) is 2. The van der Waals surface area contributed by atoms with Crippen LogP contribution in [0.25, 0.3) is 0 Å². The van der Waals surface area contributed by atoms with Gasteiger partial charge in [0.15, 0.2) is 0 Å². The number of carbonyl (C=O) groups excluding carboxylic acids is 1. The van der Waals surface area contributed by atoms with E-state index in [0.29, 0.717) is 6.54 Å². The number of carbonyl (C=O) groups is 1. The lowest BCUT2D eigenvalue weighted by Gasteiger charge is -2.20. The van der Waals surface area contributed by atoms with Gasteiger partial charge in [-0.15, -0.1) is 6.42 Å². The highest BCUT2D eigenvalue weighted by Crippen LogP contribution is 2.12. The molecule has 0 saturated carbocycles. The molecule has 0 saturated heterocycles. The van der Waals surface area contributed by atoms with E-state index >= 15 is 0 Å². The number of hydrogen-bond donors (Lipinski definition) is 0. The summed E-state index contributed by atoms with van der Waals surface area (Å²) in [5.41, 5.74) is 0.722. The normalized spacial score (nSPS) is 12.1. The summed E-state index contributed by atoms with van der Waals surface area (Å²) in [4.78, 5) is 16.8. The molecule has 1 aromatic rings. The number of likely N-dealkylation sites (N-methyl/N-ethyl adjacent to an activating group) is 1. The van der Waals surface area contributed by atoms with Crippen molar-refractivity contribution in [3.05, 3.63) is 30.1 Å². The number of terminal acetylenes is 1. The summed E-state index contributed by atoms with van der Waals surface area (Å²) in [5, 5.41) is 0. The first kappa shape index (κ1) is 10.4. The molecule has 0 aliphatic heterocycles. The van der Waals surface area contributed by atoms with E-state index in [1.54, 1.807) is 18.1 Å². The number of rotatable bonds is 4. The molecular formula is C11H12N2O. The summed E-state index contributed by atoms with van der Waals surface area (Å²) >= 11 is 0. The van der Waals surface area contributed by atoms with Crippen LogP contribution < -0.4 is 0 Å². The van der Waals surface area contributed by atoms with Gasteiger partial charge in [0.1, 0.15) is 12.3 Å². The second-order valence-electron chi connectivity index (χ2n) is 2.95. The van der Waals surface area contributed by atoms with Crippen LogP contribution in [0.15, 0.2) is 24.4 Å². The Morgan fingerprint density at radius 1 is 1.71 bits per heavy atom. The standard InChI is InChI=1S/C11H12N2O/c1-3-8-13(2)11(9-14)10-6-4-5-7-12-10/h1,4-7,9,11H,8H2,2H3. The van der Waals surface area contributed by atoms with Crippen molar-refractivity contribution in [3.63, 3.8) is 0 Å². The van der Waals surface area contributed by atoms with Crippen LogP contribution in [-0.2, 0) is 4.79 Å². The van der Waals surface area contributed by atoms with Crippen molar-refractivity contribution in [3.8, 4) is 12.3 Å². The number of pyridine rings is 1. The van der Waals surface area contributed by atoms with E-state index in [0.717, 1.165) is 12.0 Å². The molecule has 0 spiro atoms. The zero-order chi connectivity index (χ0) is 10.4. The van der Waals surface area contributed by atoms with E-state index in [4.69, 9.17) is 6.42 Å². The van der Waals surface area contributed by atoms with Crippen LogP contribution in [0.3, 0.4) is 0 Å². The van der Waals surface area contributed by atoms with Gasteiger partial charge in [0.2, 0.25) is 0 Å². The second-order valence-corrected chi connectivity index (χ2v) is 2.95. The van der Waals surface area contributed by atoms with Gasteiger partial charge in [0, 0.05) is 6.20 Å². The van der Waals surface area contributed by atoms with Gasteiger partial charge in [-0.2, -0.15) is 0 Å². The van der Waals surface area contributed by atoms with E-state index in [1.165, 1.54) is 0 Å². The third kappa shape index (κ3) is 2.41. The van der Waals surface area contributed by atoms with Crippen molar-refractivity contribution in [2.24, 2.45) is 0 Å². The van der Waals surface area contributed by atoms with Crippen LogP contribution in [0, 0.1) is 12.3 Å². The first-order valence-corrected chi connectivity index (χ1v) is 4.29. The summed E-state index contributed by atoms with van der Waals surface area (Å²) < 4.78 is 0. The summed E-state index contributed by atoms with van der Waals surface area (Å²) in [7, 11) is 1.80. The molecule has 1 aromatic heterocycles. The van der Waals surface area contributed by atoms with Gasteiger partial charge in [-0.05, 0) is 19.2 Å². The lowest BCUT2D eigenvalue weighted by molar-refractivity contribution is -0.112. The maximum absolute atomic E-state index is 10.9. The molecule has 0 aliphatic rings. The van der Waals surface area contributed by atoms with Crippen molar-refractivity contribution in [2.75, 3.05) is 13.6 Å². The smallest absolute Gasteiger partial charge is 0.143 e. The van der Waals surface area contributed by atoms with E-state index in [9.17, 15) is 4.79 Å². The first-order valence-electron chi connectivity index (χ1n) is 4.29. The highest BCUT2D eigenvalue weighted by Gasteiger charge is 2.15. The average Bonchev–Trinajstić information content (AvgIpc) is 2.21. The molecule has 0 radical (unpaired) electrons. The van der Waals surface area contributed by atoms with Crippen molar-refractivity contribution < 1.29 is 4.79 Å². The molecule has 3 nitrogen and oxygen atoms in total. The third-order valence-corrected chi connectivity index (χ3v) is 1.94. The van der Waals surface area contributed by atoms with Crippen LogP contribution in [-0.4, -0.2) is 29.8 Å². The average molecular weight is 188 g/mol. The largest absolute Gasteiger partial charge is 0.301 e. The molecule has 1 rings (SSSR count).